The molecule has 0 spiro atoms. The van der Waals surface area contributed by atoms with Crippen molar-refractivity contribution in [3.8, 4) is 0 Å². The highest BCUT2D eigenvalue weighted by Crippen LogP contribution is 2.29. The molecule has 2 aliphatic heterocycles. The van der Waals surface area contributed by atoms with Gasteiger partial charge in [0.25, 0.3) is 5.91 Å². The van der Waals surface area contributed by atoms with E-state index in [0.717, 1.165) is 49.7 Å². The van der Waals surface area contributed by atoms with E-state index < -0.39 is 0 Å². The predicted octanol–water partition coefficient (Wildman–Crippen LogP) is 2.03. The summed E-state index contributed by atoms with van der Waals surface area (Å²) in [7, 11) is 0. The Balaban J connectivity index is 1.62. The highest BCUT2D eigenvalue weighted by Gasteiger charge is 2.28. The van der Waals surface area contributed by atoms with Crippen LogP contribution < -0.4 is 0 Å². The van der Waals surface area contributed by atoms with Crippen LogP contribution in [0, 0.1) is 0 Å². The second-order valence-corrected chi connectivity index (χ2v) is 6.77. The van der Waals surface area contributed by atoms with Crippen LogP contribution in [0.15, 0.2) is 24.3 Å². The lowest BCUT2D eigenvalue weighted by Gasteiger charge is -2.34. The van der Waals surface area contributed by atoms with Crippen molar-refractivity contribution < 1.29 is 14.3 Å². The van der Waals surface area contributed by atoms with Crippen molar-refractivity contribution in [3.63, 3.8) is 0 Å². The smallest absolute Gasteiger partial charge is 0.264 e. The Bertz CT molecular complexity index is 534. The predicted molar refractivity (Wildman–Crippen MR) is 91.4 cm³/mol. The van der Waals surface area contributed by atoms with Gasteiger partial charge in [-0.3, -0.25) is 14.0 Å². The Morgan fingerprint density at radius 3 is 2.83 bits per heavy atom. The third-order valence-electron chi connectivity index (χ3n) is 4.19. The first-order valence-electron chi connectivity index (χ1n) is 8.22. The summed E-state index contributed by atoms with van der Waals surface area (Å²) in [6, 6.07) is 7.87. The minimum Gasteiger partial charge on any atom is -0.379 e. The van der Waals surface area contributed by atoms with E-state index in [1.54, 1.807) is 11.9 Å². The fraction of sp³-hybridized carbons (Fsp3) is 0.588. The second-order valence-electron chi connectivity index (χ2n) is 5.79. The van der Waals surface area contributed by atoms with Gasteiger partial charge in [-0.25, -0.2) is 0 Å². The van der Waals surface area contributed by atoms with Crippen LogP contribution in [0.1, 0.15) is 22.8 Å². The van der Waals surface area contributed by atoms with Gasteiger partial charge in [-0.1, -0.05) is 18.2 Å². The molecule has 1 fully saturated rings. The minimum absolute atomic E-state index is 0.0415. The number of carbonyl (C=O) groups excluding carboxylic acids is 1. The summed E-state index contributed by atoms with van der Waals surface area (Å²) in [5.74, 6) is 0.946. The summed E-state index contributed by atoms with van der Waals surface area (Å²) >= 11 is 1.59. The van der Waals surface area contributed by atoms with Crippen LogP contribution in [0.2, 0.25) is 0 Å². The molecule has 1 saturated heterocycles. The molecule has 6 heteroatoms. The normalized spacial score (nSPS) is 20.4. The number of benzene rings is 1. The first-order chi connectivity index (χ1) is 11.3. The molecule has 0 N–H and O–H groups in total. The Morgan fingerprint density at radius 2 is 2.04 bits per heavy atom. The van der Waals surface area contributed by atoms with E-state index in [1.807, 2.05) is 35.5 Å². The fourth-order valence-electron chi connectivity index (χ4n) is 2.99. The van der Waals surface area contributed by atoms with Gasteiger partial charge < -0.3 is 9.47 Å². The van der Waals surface area contributed by atoms with Gasteiger partial charge in [0.05, 0.1) is 25.9 Å². The van der Waals surface area contributed by atoms with Crippen molar-refractivity contribution in [1.29, 1.82) is 0 Å². The number of nitrogens with zero attached hydrogens (tertiary/aromatic N) is 2. The molecule has 0 bridgehead atoms. The van der Waals surface area contributed by atoms with Gasteiger partial charge in [-0.2, -0.15) is 0 Å². The number of amides is 1. The molecule has 1 amide bonds. The van der Waals surface area contributed by atoms with E-state index in [1.165, 1.54) is 0 Å². The van der Waals surface area contributed by atoms with E-state index in [9.17, 15) is 4.79 Å². The van der Waals surface area contributed by atoms with Crippen molar-refractivity contribution in [2.45, 2.75) is 18.8 Å². The molecule has 0 saturated carbocycles. The molecular weight excluding hydrogens is 312 g/mol. The highest BCUT2D eigenvalue weighted by molar-refractivity contribution is 7.96. The minimum atomic E-state index is 0.0415. The largest absolute Gasteiger partial charge is 0.379 e. The van der Waals surface area contributed by atoms with Gasteiger partial charge in [0.2, 0.25) is 0 Å². The van der Waals surface area contributed by atoms with Gasteiger partial charge in [0, 0.05) is 37.6 Å². The van der Waals surface area contributed by atoms with Crippen molar-refractivity contribution in [2.75, 3.05) is 46.0 Å². The number of ether oxygens (including phenoxy) is 2. The second kappa shape index (κ2) is 8.15. The van der Waals surface area contributed by atoms with Crippen LogP contribution in [-0.4, -0.2) is 67.2 Å². The van der Waals surface area contributed by atoms with Gasteiger partial charge >= 0.3 is 0 Å². The quantitative estimate of drug-likeness (QED) is 0.744. The Morgan fingerprint density at radius 1 is 1.26 bits per heavy atom. The van der Waals surface area contributed by atoms with Crippen molar-refractivity contribution in [1.82, 2.24) is 9.21 Å². The van der Waals surface area contributed by atoms with E-state index in [4.69, 9.17) is 9.47 Å². The van der Waals surface area contributed by atoms with Gasteiger partial charge in [-0.05, 0) is 30.5 Å². The number of fused-ring (bicyclic) bond motifs is 1. The Labute approximate surface area is 142 Å². The average molecular weight is 336 g/mol. The lowest BCUT2D eigenvalue weighted by Crippen LogP contribution is -2.46. The van der Waals surface area contributed by atoms with E-state index in [-0.39, 0.29) is 12.0 Å². The third kappa shape index (κ3) is 4.26. The maximum atomic E-state index is 12.7. The summed E-state index contributed by atoms with van der Waals surface area (Å²) in [5.41, 5.74) is 1.95. The highest BCUT2D eigenvalue weighted by atomic mass is 32.2. The summed E-state index contributed by atoms with van der Waals surface area (Å²) in [6.45, 7) is 7.59. The van der Waals surface area contributed by atoms with Crippen LogP contribution in [-0.2, 0) is 15.2 Å². The molecule has 126 valence electrons. The van der Waals surface area contributed by atoms with E-state index >= 15 is 0 Å². The van der Waals surface area contributed by atoms with Gasteiger partial charge in [0.1, 0.15) is 0 Å². The molecule has 5 nitrogen and oxygen atoms in total. The zero-order valence-corrected chi connectivity index (χ0v) is 14.4. The monoisotopic (exact) mass is 336 g/mol. The summed E-state index contributed by atoms with van der Waals surface area (Å²) < 4.78 is 13.2. The molecule has 1 aromatic carbocycles. The number of rotatable bonds is 6. The SMILES string of the molecule is CCOC(CN1CCOCC1)CN1SCc2ccccc2C1=O. The lowest BCUT2D eigenvalue weighted by molar-refractivity contribution is -0.0126. The van der Waals surface area contributed by atoms with E-state index in [0.29, 0.717) is 13.2 Å². The van der Waals surface area contributed by atoms with Crippen LogP contribution in [0.3, 0.4) is 0 Å². The summed E-state index contributed by atoms with van der Waals surface area (Å²) in [5, 5.41) is 0. The van der Waals surface area contributed by atoms with Crippen LogP contribution in [0.4, 0.5) is 0 Å². The van der Waals surface area contributed by atoms with Crippen LogP contribution in [0.5, 0.6) is 0 Å². The molecule has 2 aliphatic rings. The van der Waals surface area contributed by atoms with Crippen LogP contribution in [0.25, 0.3) is 0 Å². The fourth-order valence-corrected chi connectivity index (χ4v) is 4.02. The molecule has 1 aromatic rings. The Kier molecular flexibility index (Phi) is 5.94. The standard InChI is InChI=1S/C17H24N2O3S/c1-2-22-15(11-18-7-9-21-10-8-18)12-19-17(20)16-6-4-3-5-14(16)13-23-19/h3-6,15H,2,7-13H2,1H3. The Hall–Kier alpha value is -1.08. The molecule has 2 heterocycles. The van der Waals surface area contributed by atoms with Crippen molar-refractivity contribution >= 4 is 17.9 Å². The topological polar surface area (TPSA) is 42.0 Å². The van der Waals surface area contributed by atoms with Gasteiger partial charge in [-0.15, -0.1) is 0 Å². The molecule has 0 aliphatic carbocycles. The zero-order valence-electron chi connectivity index (χ0n) is 13.6. The molecule has 23 heavy (non-hydrogen) atoms. The lowest BCUT2D eigenvalue weighted by atomic mass is 10.1. The van der Waals surface area contributed by atoms with Crippen molar-refractivity contribution in [3.05, 3.63) is 35.4 Å². The molecule has 0 aromatic heterocycles. The van der Waals surface area contributed by atoms with Crippen LogP contribution >= 0.6 is 11.9 Å². The number of morpholine rings is 1. The first-order valence-corrected chi connectivity index (χ1v) is 9.16. The number of hydrogen-bond donors (Lipinski definition) is 0. The summed E-state index contributed by atoms with van der Waals surface area (Å²) in [4.78, 5) is 15.0. The molecule has 1 unspecified atom stereocenters. The molecule has 3 rings (SSSR count). The first kappa shape index (κ1) is 16.8. The maximum Gasteiger partial charge on any atom is 0.264 e. The maximum absolute atomic E-state index is 12.7. The molecule has 1 atom stereocenters. The number of carbonyl (C=O) groups is 1. The van der Waals surface area contributed by atoms with Gasteiger partial charge in [0.15, 0.2) is 0 Å². The average Bonchev–Trinajstić information content (AvgIpc) is 2.59. The van der Waals surface area contributed by atoms with Crippen molar-refractivity contribution in [2.24, 2.45) is 0 Å². The summed E-state index contributed by atoms with van der Waals surface area (Å²) in [6.07, 6.45) is 0.0415. The van der Waals surface area contributed by atoms with E-state index in [2.05, 4.69) is 4.90 Å². The third-order valence-corrected chi connectivity index (χ3v) is 5.25. The molecular formula is C17H24N2O3S. The number of hydrogen-bond acceptors (Lipinski definition) is 5. The zero-order chi connectivity index (χ0) is 16.1. The molecule has 0 radical (unpaired) electrons.